The minimum atomic E-state index is -0.434. The highest BCUT2D eigenvalue weighted by molar-refractivity contribution is 5.82. The highest BCUT2D eigenvalue weighted by Gasteiger charge is 2.10. The molecule has 0 saturated heterocycles. The van der Waals surface area contributed by atoms with Gasteiger partial charge >= 0.3 is 0 Å². The highest BCUT2D eigenvalue weighted by Crippen LogP contribution is 2.16. The zero-order valence-corrected chi connectivity index (χ0v) is 9.22. The summed E-state index contributed by atoms with van der Waals surface area (Å²) in [6, 6.07) is 0. The van der Waals surface area contributed by atoms with Gasteiger partial charge in [0.05, 0.1) is 0 Å². The topological polar surface area (TPSA) is 72.2 Å². The molecule has 2 amide bonds. The van der Waals surface area contributed by atoms with Crippen LogP contribution in [-0.2, 0) is 9.59 Å². The summed E-state index contributed by atoms with van der Waals surface area (Å²) in [7, 11) is 0. The van der Waals surface area contributed by atoms with Crippen molar-refractivity contribution in [3.05, 3.63) is 0 Å². The van der Waals surface area contributed by atoms with Crippen LogP contribution in [0.3, 0.4) is 0 Å². The van der Waals surface area contributed by atoms with E-state index in [1.54, 1.807) is 0 Å². The van der Waals surface area contributed by atoms with Crippen molar-refractivity contribution in [3.8, 4) is 0 Å². The molecule has 0 saturated carbocycles. The minimum absolute atomic E-state index is 0.104. The van der Waals surface area contributed by atoms with Gasteiger partial charge in [0.25, 0.3) is 0 Å². The van der Waals surface area contributed by atoms with Gasteiger partial charge in [0.15, 0.2) is 0 Å². The van der Waals surface area contributed by atoms with E-state index in [1.807, 2.05) is 0 Å². The molecule has 82 valence electrons. The summed E-state index contributed by atoms with van der Waals surface area (Å²) >= 11 is 0. The molecule has 0 aliphatic rings. The van der Waals surface area contributed by atoms with Crippen molar-refractivity contribution in [2.45, 2.75) is 40.0 Å². The van der Waals surface area contributed by atoms with Crippen molar-refractivity contribution in [1.82, 2.24) is 5.32 Å². The van der Waals surface area contributed by atoms with E-state index in [4.69, 9.17) is 5.73 Å². The third-order valence-corrected chi connectivity index (χ3v) is 1.80. The molecule has 0 bridgehead atoms. The Bertz CT molecular complexity index is 207. The fourth-order valence-electron chi connectivity index (χ4n) is 0.902. The van der Waals surface area contributed by atoms with E-state index in [2.05, 4.69) is 26.1 Å². The molecule has 0 aliphatic carbocycles. The first-order chi connectivity index (χ1) is 6.31. The molecule has 0 spiro atoms. The Morgan fingerprint density at radius 1 is 1.21 bits per heavy atom. The van der Waals surface area contributed by atoms with Gasteiger partial charge in [0.2, 0.25) is 11.8 Å². The van der Waals surface area contributed by atoms with Crippen molar-refractivity contribution < 1.29 is 9.59 Å². The lowest BCUT2D eigenvalue weighted by Crippen LogP contribution is -2.28. The number of hydrogen-bond acceptors (Lipinski definition) is 2. The van der Waals surface area contributed by atoms with Gasteiger partial charge in [0, 0.05) is 19.4 Å². The third-order valence-electron chi connectivity index (χ3n) is 1.80. The van der Waals surface area contributed by atoms with Crippen LogP contribution in [0.2, 0.25) is 0 Å². The first kappa shape index (κ1) is 12.9. The monoisotopic (exact) mass is 200 g/mol. The predicted molar refractivity (Wildman–Crippen MR) is 55.5 cm³/mol. The maximum absolute atomic E-state index is 11.1. The first-order valence-corrected chi connectivity index (χ1v) is 4.86. The number of primary amides is 1. The fraction of sp³-hybridized carbons (Fsp3) is 0.800. The molecule has 0 aliphatic heterocycles. The van der Waals surface area contributed by atoms with Gasteiger partial charge < -0.3 is 11.1 Å². The van der Waals surface area contributed by atoms with Crippen LogP contribution < -0.4 is 11.1 Å². The van der Waals surface area contributed by atoms with Gasteiger partial charge in [-0.3, -0.25) is 9.59 Å². The summed E-state index contributed by atoms with van der Waals surface area (Å²) in [5.74, 6) is -0.538. The summed E-state index contributed by atoms with van der Waals surface area (Å²) in [5, 5.41) is 2.75. The SMILES string of the molecule is CC(C)(C)CCNC(=O)CCC(N)=O. The number of nitrogens with two attached hydrogens (primary N) is 1. The minimum Gasteiger partial charge on any atom is -0.370 e. The smallest absolute Gasteiger partial charge is 0.220 e. The Hall–Kier alpha value is -1.06. The molecular weight excluding hydrogens is 180 g/mol. The maximum atomic E-state index is 11.1. The lowest BCUT2D eigenvalue weighted by Gasteiger charge is -2.17. The molecule has 0 radical (unpaired) electrons. The van der Waals surface area contributed by atoms with E-state index in [0.29, 0.717) is 6.54 Å². The van der Waals surface area contributed by atoms with Crippen molar-refractivity contribution in [3.63, 3.8) is 0 Å². The van der Waals surface area contributed by atoms with Crippen LogP contribution >= 0.6 is 0 Å². The third kappa shape index (κ3) is 9.03. The van der Waals surface area contributed by atoms with Crippen molar-refractivity contribution in [1.29, 1.82) is 0 Å². The largest absolute Gasteiger partial charge is 0.370 e. The number of carbonyl (C=O) groups is 2. The molecule has 0 rings (SSSR count). The second kappa shape index (κ2) is 5.62. The molecule has 0 heterocycles. The Morgan fingerprint density at radius 3 is 2.21 bits per heavy atom. The number of carbonyl (C=O) groups excluding carboxylic acids is 2. The second-order valence-corrected chi connectivity index (χ2v) is 4.63. The first-order valence-electron chi connectivity index (χ1n) is 4.86. The molecule has 0 aromatic heterocycles. The molecule has 4 nitrogen and oxygen atoms in total. The van der Waals surface area contributed by atoms with Crippen LogP contribution in [0.5, 0.6) is 0 Å². The maximum Gasteiger partial charge on any atom is 0.220 e. The van der Waals surface area contributed by atoms with Crippen molar-refractivity contribution >= 4 is 11.8 Å². The average Bonchev–Trinajstić information content (AvgIpc) is 1.98. The van der Waals surface area contributed by atoms with Crippen LogP contribution in [0, 0.1) is 5.41 Å². The van der Waals surface area contributed by atoms with E-state index in [-0.39, 0.29) is 24.2 Å². The number of nitrogens with one attached hydrogen (secondary N) is 1. The van der Waals surface area contributed by atoms with Crippen LogP contribution in [0.15, 0.2) is 0 Å². The van der Waals surface area contributed by atoms with E-state index in [0.717, 1.165) is 6.42 Å². The average molecular weight is 200 g/mol. The Morgan fingerprint density at radius 2 is 1.79 bits per heavy atom. The zero-order chi connectivity index (χ0) is 11.2. The number of amides is 2. The Labute approximate surface area is 85.2 Å². The van der Waals surface area contributed by atoms with Crippen LogP contribution in [-0.4, -0.2) is 18.4 Å². The van der Waals surface area contributed by atoms with E-state index >= 15 is 0 Å². The Balaban J connectivity index is 3.50. The van der Waals surface area contributed by atoms with Gasteiger partial charge in [-0.1, -0.05) is 20.8 Å². The lowest BCUT2D eigenvalue weighted by molar-refractivity contribution is -0.125. The molecule has 0 unspecified atom stereocenters. The van der Waals surface area contributed by atoms with Crippen LogP contribution in [0.1, 0.15) is 40.0 Å². The summed E-state index contributed by atoms with van der Waals surface area (Å²) in [4.78, 5) is 21.5. The summed E-state index contributed by atoms with van der Waals surface area (Å²) in [6.07, 6.45) is 1.25. The summed E-state index contributed by atoms with van der Waals surface area (Å²) < 4.78 is 0. The van der Waals surface area contributed by atoms with Crippen LogP contribution in [0.25, 0.3) is 0 Å². The normalized spacial score (nSPS) is 11.1. The van der Waals surface area contributed by atoms with Gasteiger partial charge in [-0.25, -0.2) is 0 Å². The number of hydrogen-bond donors (Lipinski definition) is 2. The quantitative estimate of drug-likeness (QED) is 0.689. The molecular formula is C10H20N2O2. The molecule has 14 heavy (non-hydrogen) atoms. The van der Waals surface area contributed by atoms with Gasteiger partial charge in [-0.15, -0.1) is 0 Å². The lowest BCUT2D eigenvalue weighted by atomic mass is 9.92. The second-order valence-electron chi connectivity index (χ2n) is 4.63. The van der Waals surface area contributed by atoms with Gasteiger partial charge in [0.1, 0.15) is 0 Å². The van der Waals surface area contributed by atoms with Gasteiger partial charge in [-0.2, -0.15) is 0 Å². The standard InChI is InChI=1S/C10H20N2O2/c1-10(2,3)6-7-12-9(14)5-4-8(11)13/h4-7H2,1-3H3,(H2,11,13)(H,12,14). The molecule has 0 aromatic carbocycles. The van der Waals surface area contributed by atoms with Crippen molar-refractivity contribution in [2.75, 3.05) is 6.54 Å². The fourth-order valence-corrected chi connectivity index (χ4v) is 0.902. The van der Waals surface area contributed by atoms with E-state index in [9.17, 15) is 9.59 Å². The van der Waals surface area contributed by atoms with Crippen LogP contribution in [0.4, 0.5) is 0 Å². The molecule has 0 fully saturated rings. The van der Waals surface area contributed by atoms with Crippen molar-refractivity contribution in [2.24, 2.45) is 11.1 Å². The zero-order valence-electron chi connectivity index (χ0n) is 9.22. The molecule has 3 N–H and O–H groups in total. The summed E-state index contributed by atoms with van der Waals surface area (Å²) in [6.45, 7) is 6.99. The molecule has 4 heteroatoms. The predicted octanol–water partition coefficient (Wildman–Crippen LogP) is 0.804. The van der Waals surface area contributed by atoms with E-state index < -0.39 is 5.91 Å². The molecule has 0 aromatic rings. The van der Waals surface area contributed by atoms with Gasteiger partial charge in [-0.05, 0) is 11.8 Å². The molecule has 0 atom stereocenters. The van der Waals surface area contributed by atoms with E-state index in [1.165, 1.54) is 0 Å². The Kier molecular flexibility index (Phi) is 5.20. The highest BCUT2D eigenvalue weighted by atomic mass is 16.2. The number of rotatable bonds is 5. The summed E-state index contributed by atoms with van der Waals surface area (Å²) in [5.41, 5.74) is 5.14.